The molecule has 5 nitrogen and oxygen atoms in total. The Morgan fingerprint density at radius 3 is 3.00 bits per heavy atom. The van der Waals surface area contributed by atoms with Crippen LogP contribution < -0.4 is 10.2 Å². The zero-order valence-electron chi connectivity index (χ0n) is 13.4. The van der Waals surface area contributed by atoms with Gasteiger partial charge in [0.1, 0.15) is 0 Å². The number of nitrogens with one attached hydrogen (secondary N) is 1. The standard InChI is InChI=1S/C18H24N2O3/c21-17(10-9-16-7-4-12-23-16)19-14-5-3-6-15(13-14)20-11-2-1-8-18(20)22/h3,5-6,13,16H,1-2,4,7-12H2,(H,19,21)/t16-/m0/s1. The van der Waals surface area contributed by atoms with E-state index < -0.39 is 0 Å². The molecule has 2 fully saturated rings. The molecule has 0 radical (unpaired) electrons. The van der Waals surface area contributed by atoms with Gasteiger partial charge in [0.2, 0.25) is 11.8 Å². The second-order valence-corrected chi connectivity index (χ2v) is 6.27. The monoisotopic (exact) mass is 316 g/mol. The van der Waals surface area contributed by atoms with Crippen LogP contribution in [-0.4, -0.2) is 31.1 Å². The van der Waals surface area contributed by atoms with Crippen molar-refractivity contribution in [2.24, 2.45) is 0 Å². The van der Waals surface area contributed by atoms with Crippen LogP contribution in [0.1, 0.15) is 44.9 Å². The van der Waals surface area contributed by atoms with Crippen molar-refractivity contribution in [3.63, 3.8) is 0 Å². The van der Waals surface area contributed by atoms with Crippen LogP contribution >= 0.6 is 0 Å². The Morgan fingerprint density at radius 1 is 1.30 bits per heavy atom. The van der Waals surface area contributed by atoms with Crippen LogP contribution in [0.15, 0.2) is 24.3 Å². The summed E-state index contributed by atoms with van der Waals surface area (Å²) in [5, 5.41) is 2.93. The van der Waals surface area contributed by atoms with Gasteiger partial charge in [0.15, 0.2) is 0 Å². The molecule has 0 aromatic heterocycles. The van der Waals surface area contributed by atoms with Crippen LogP contribution in [0, 0.1) is 0 Å². The van der Waals surface area contributed by atoms with Gasteiger partial charge in [-0.05, 0) is 50.3 Å². The molecule has 1 aromatic rings. The van der Waals surface area contributed by atoms with Crippen LogP contribution in [0.5, 0.6) is 0 Å². The molecule has 3 rings (SSSR count). The van der Waals surface area contributed by atoms with Gasteiger partial charge in [0.25, 0.3) is 0 Å². The number of amides is 2. The fraction of sp³-hybridized carbons (Fsp3) is 0.556. The summed E-state index contributed by atoms with van der Waals surface area (Å²) in [7, 11) is 0. The number of benzene rings is 1. The fourth-order valence-electron chi connectivity index (χ4n) is 3.22. The number of rotatable bonds is 5. The number of ether oxygens (including phenoxy) is 1. The summed E-state index contributed by atoms with van der Waals surface area (Å²) in [6, 6.07) is 7.55. The lowest BCUT2D eigenvalue weighted by Crippen LogP contribution is -2.35. The van der Waals surface area contributed by atoms with Crippen LogP contribution in [0.25, 0.3) is 0 Å². The summed E-state index contributed by atoms with van der Waals surface area (Å²) < 4.78 is 5.54. The first-order chi connectivity index (χ1) is 11.2. The average Bonchev–Trinajstić information content (AvgIpc) is 3.07. The highest BCUT2D eigenvalue weighted by Crippen LogP contribution is 2.24. The van der Waals surface area contributed by atoms with Gasteiger partial charge >= 0.3 is 0 Å². The Morgan fingerprint density at radius 2 is 2.22 bits per heavy atom. The quantitative estimate of drug-likeness (QED) is 0.908. The highest BCUT2D eigenvalue weighted by Gasteiger charge is 2.20. The van der Waals surface area contributed by atoms with Gasteiger partial charge < -0.3 is 15.0 Å². The SMILES string of the molecule is O=C(CC[C@@H]1CCCO1)Nc1cccc(N2CCCCC2=O)c1. The van der Waals surface area contributed by atoms with Gasteiger partial charge in [-0.2, -0.15) is 0 Å². The van der Waals surface area contributed by atoms with Gasteiger partial charge in [-0.3, -0.25) is 9.59 Å². The molecule has 2 aliphatic rings. The lowest BCUT2D eigenvalue weighted by molar-refractivity contribution is -0.119. The molecular formula is C18H24N2O3. The van der Waals surface area contributed by atoms with Crippen molar-refractivity contribution >= 4 is 23.2 Å². The van der Waals surface area contributed by atoms with Crippen molar-refractivity contribution in [2.75, 3.05) is 23.4 Å². The minimum absolute atomic E-state index is 0.00243. The topological polar surface area (TPSA) is 58.6 Å². The number of carbonyl (C=O) groups excluding carboxylic acids is 2. The first kappa shape index (κ1) is 16.0. The van der Waals surface area contributed by atoms with Crippen LogP contribution in [-0.2, 0) is 14.3 Å². The summed E-state index contributed by atoms with van der Waals surface area (Å²) in [4.78, 5) is 25.9. The number of hydrogen-bond donors (Lipinski definition) is 1. The molecule has 23 heavy (non-hydrogen) atoms. The van der Waals surface area contributed by atoms with Gasteiger partial charge in [-0.25, -0.2) is 0 Å². The number of piperidine rings is 1. The van der Waals surface area contributed by atoms with Crippen molar-refractivity contribution in [3.8, 4) is 0 Å². The Bertz CT molecular complexity index is 567. The van der Waals surface area contributed by atoms with E-state index in [0.717, 1.165) is 56.6 Å². The Hall–Kier alpha value is -1.88. The van der Waals surface area contributed by atoms with E-state index in [-0.39, 0.29) is 17.9 Å². The lowest BCUT2D eigenvalue weighted by Gasteiger charge is -2.27. The van der Waals surface area contributed by atoms with E-state index >= 15 is 0 Å². The molecule has 0 spiro atoms. The summed E-state index contributed by atoms with van der Waals surface area (Å²) in [6.45, 7) is 1.58. The molecule has 1 N–H and O–H groups in total. The predicted molar refractivity (Wildman–Crippen MR) is 89.5 cm³/mol. The van der Waals surface area contributed by atoms with Gasteiger partial charge in [0, 0.05) is 37.4 Å². The number of anilines is 2. The van der Waals surface area contributed by atoms with E-state index in [9.17, 15) is 9.59 Å². The molecule has 2 amide bonds. The summed E-state index contributed by atoms with van der Waals surface area (Å²) in [5.41, 5.74) is 1.62. The zero-order chi connectivity index (χ0) is 16.1. The normalized spacial score (nSPS) is 21.5. The van der Waals surface area contributed by atoms with E-state index in [1.165, 1.54) is 0 Å². The zero-order valence-corrected chi connectivity index (χ0v) is 13.4. The Balaban J connectivity index is 1.56. The third-order valence-electron chi connectivity index (χ3n) is 4.48. The Kier molecular flexibility index (Phi) is 5.28. The van der Waals surface area contributed by atoms with E-state index in [4.69, 9.17) is 4.74 Å². The maximum atomic E-state index is 12.1. The smallest absolute Gasteiger partial charge is 0.226 e. The second kappa shape index (κ2) is 7.59. The third kappa shape index (κ3) is 4.32. The number of hydrogen-bond acceptors (Lipinski definition) is 3. The van der Waals surface area contributed by atoms with Crippen molar-refractivity contribution in [2.45, 2.75) is 51.0 Å². The molecule has 1 atom stereocenters. The molecule has 5 heteroatoms. The highest BCUT2D eigenvalue weighted by molar-refractivity contribution is 5.96. The first-order valence-corrected chi connectivity index (χ1v) is 8.54. The molecule has 2 saturated heterocycles. The summed E-state index contributed by atoms with van der Waals surface area (Å²) in [6.07, 6.45) is 6.24. The minimum atomic E-state index is 0.00243. The molecular weight excluding hydrogens is 292 g/mol. The molecule has 0 aliphatic carbocycles. The molecule has 124 valence electrons. The highest BCUT2D eigenvalue weighted by atomic mass is 16.5. The van der Waals surface area contributed by atoms with E-state index in [2.05, 4.69) is 5.32 Å². The minimum Gasteiger partial charge on any atom is -0.378 e. The molecule has 0 saturated carbocycles. The summed E-state index contributed by atoms with van der Waals surface area (Å²) in [5.74, 6) is 0.167. The predicted octanol–water partition coefficient (Wildman–Crippen LogP) is 3.10. The van der Waals surface area contributed by atoms with Crippen molar-refractivity contribution in [1.29, 1.82) is 0 Å². The van der Waals surface area contributed by atoms with Gasteiger partial charge in [-0.15, -0.1) is 0 Å². The van der Waals surface area contributed by atoms with E-state index in [0.29, 0.717) is 12.8 Å². The maximum absolute atomic E-state index is 12.1. The van der Waals surface area contributed by atoms with E-state index in [1.807, 2.05) is 29.2 Å². The molecule has 2 aliphatic heterocycles. The van der Waals surface area contributed by atoms with Crippen molar-refractivity contribution in [1.82, 2.24) is 0 Å². The molecule has 0 unspecified atom stereocenters. The molecule has 0 bridgehead atoms. The largest absolute Gasteiger partial charge is 0.378 e. The van der Waals surface area contributed by atoms with Crippen molar-refractivity contribution < 1.29 is 14.3 Å². The summed E-state index contributed by atoms with van der Waals surface area (Å²) >= 11 is 0. The average molecular weight is 316 g/mol. The van der Waals surface area contributed by atoms with Crippen LogP contribution in [0.3, 0.4) is 0 Å². The van der Waals surface area contributed by atoms with E-state index in [1.54, 1.807) is 0 Å². The Labute approximate surface area is 137 Å². The van der Waals surface area contributed by atoms with Gasteiger partial charge in [-0.1, -0.05) is 6.07 Å². The van der Waals surface area contributed by atoms with Gasteiger partial charge in [0.05, 0.1) is 6.10 Å². The molecule has 1 aromatic carbocycles. The lowest BCUT2D eigenvalue weighted by atomic mass is 10.1. The third-order valence-corrected chi connectivity index (χ3v) is 4.48. The first-order valence-electron chi connectivity index (χ1n) is 8.54. The second-order valence-electron chi connectivity index (χ2n) is 6.27. The fourth-order valence-corrected chi connectivity index (χ4v) is 3.22. The number of nitrogens with zero attached hydrogens (tertiary/aromatic N) is 1. The molecule has 2 heterocycles. The van der Waals surface area contributed by atoms with Crippen LogP contribution in [0.4, 0.5) is 11.4 Å². The van der Waals surface area contributed by atoms with Crippen molar-refractivity contribution in [3.05, 3.63) is 24.3 Å². The number of carbonyl (C=O) groups is 2. The van der Waals surface area contributed by atoms with Crippen LogP contribution in [0.2, 0.25) is 0 Å². The maximum Gasteiger partial charge on any atom is 0.226 e.